The topological polar surface area (TPSA) is 86.8 Å². The third kappa shape index (κ3) is 8.49. The van der Waals surface area contributed by atoms with Gasteiger partial charge in [-0.3, -0.25) is 13.9 Å². The van der Waals surface area contributed by atoms with Gasteiger partial charge in [-0.15, -0.1) is 0 Å². The van der Waals surface area contributed by atoms with Crippen LogP contribution in [0.5, 0.6) is 0 Å². The summed E-state index contributed by atoms with van der Waals surface area (Å²) in [6.45, 7) is 3.77. The standard InChI is InChI=1S/C34H35BrClN3O4S/c1-3-20-37-34(41)32(22-26-11-5-4-6-12-26)38(23-27-13-9-14-28(35)21-27)33(40)24-39(31-15-8-7-10-25(31)2)44(42,43)30-18-16-29(36)17-19-30/h4-19,21,32H,3,20,22-24H2,1-2H3,(H,37,41)/t32-/m0/s1. The summed E-state index contributed by atoms with van der Waals surface area (Å²) in [5.74, 6) is -0.819. The third-order valence-corrected chi connectivity index (χ3v) is 9.65. The Bertz CT molecular complexity index is 1680. The van der Waals surface area contributed by atoms with Crippen LogP contribution in [0.2, 0.25) is 5.02 Å². The molecule has 0 fully saturated rings. The molecular formula is C34H35BrClN3O4S. The van der Waals surface area contributed by atoms with Crippen LogP contribution in [-0.2, 0) is 32.6 Å². The quantitative estimate of drug-likeness (QED) is 0.167. The summed E-state index contributed by atoms with van der Waals surface area (Å²) in [4.78, 5) is 29.7. The van der Waals surface area contributed by atoms with E-state index < -0.39 is 28.5 Å². The highest BCUT2D eigenvalue weighted by atomic mass is 79.9. The van der Waals surface area contributed by atoms with Gasteiger partial charge in [0.2, 0.25) is 11.8 Å². The zero-order chi connectivity index (χ0) is 31.7. The van der Waals surface area contributed by atoms with Crippen molar-refractivity contribution in [2.45, 2.75) is 44.2 Å². The highest BCUT2D eigenvalue weighted by Gasteiger charge is 2.35. The predicted octanol–water partition coefficient (Wildman–Crippen LogP) is 6.77. The molecule has 4 aromatic rings. The summed E-state index contributed by atoms with van der Waals surface area (Å²) in [5.41, 5.74) is 2.71. The molecule has 230 valence electrons. The number of para-hydroxylation sites is 1. The Hall–Kier alpha value is -3.66. The molecule has 4 rings (SSSR count). The lowest BCUT2D eigenvalue weighted by Crippen LogP contribution is -2.53. The molecule has 7 nitrogen and oxygen atoms in total. The number of nitrogens with one attached hydrogen (secondary N) is 1. The molecule has 0 aliphatic heterocycles. The molecule has 0 saturated carbocycles. The predicted molar refractivity (Wildman–Crippen MR) is 179 cm³/mol. The number of nitrogens with zero attached hydrogens (tertiary/aromatic N) is 2. The second-order valence-corrected chi connectivity index (χ2v) is 13.6. The van der Waals surface area contributed by atoms with Gasteiger partial charge >= 0.3 is 0 Å². The Labute approximate surface area is 273 Å². The number of carbonyl (C=O) groups is 2. The van der Waals surface area contributed by atoms with Crippen LogP contribution < -0.4 is 9.62 Å². The van der Waals surface area contributed by atoms with Gasteiger partial charge in [0.25, 0.3) is 10.0 Å². The molecule has 0 unspecified atom stereocenters. The molecule has 0 saturated heterocycles. The minimum Gasteiger partial charge on any atom is -0.354 e. The number of aryl methyl sites for hydroxylation is 1. The fourth-order valence-corrected chi connectivity index (χ4v) is 6.89. The largest absolute Gasteiger partial charge is 0.354 e. The Morgan fingerprint density at radius 1 is 0.886 bits per heavy atom. The summed E-state index contributed by atoms with van der Waals surface area (Å²) < 4.78 is 30.2. The van der Waals surface area contributed by atoms with Crippen LogP contribution in [0.1, 0.15) is 30.0 Å². The smallest absolute Gasteiger partial charge is 0.264 e. The van der Waals surface area contributed by atoms with Gasteiger partial charge in [0.15, 0.2) is 0 Å². The maximum atomic E-state index is 14.5. The zero-order valence-electron chi connectivity index (χ0n) is 24.6. The van der Waals surface area contributed by atoms with E-state index in [0.717, 1.165) is 26.3 Å². The lowest BCUT2D eigenvalue weighted by molar-refractivity contribution is -0.140. The van der Waals surface area contributed by atoms with Gasteiger partial charge in [0.1, 0.15) is 12.6 Å². The fourth-order valence-electron chi connectivity index (χ4n) is 4.84. The molecule has 0 aliphatic rings. The molecule has 4 aromatic carbocycles. The highest BCUT2D eigenvalue weighted by Crippen LogP contribution is 2.28. The first-order valence-electron chi connectivity index (χ1n) is 14.3. The zero-order valence-corrected chi connectivity index (χ0v) is 27.8. The molecule has 0 heterocycles. The van der Waals surface area contributed by atoms with Gasteiger partial charge in [0, 0.05) is 29.0 Å². The van der Waals surface area contributed by atoms with Crippen molar-refractivity contribution in [3.8, 4) is 0 Å². The number of anilines is 1. The maximum Gasteiger partial charge on any atom is 0.264 e. The summed E-state index contributed by atoms with van der Waals surface area (Å²) in [7, 11) is -4.20. The Morgan fingerprint density at radius 3 is 2.20 bits per heavy atom. The maximum absolute atomic E-state index is 14.5. The van der Waals surface area contributed by atoms with Crippen LogP contribution in [0.15, 0.2) is 112 Å². The van der Waals surface area contributed by atoms with Gasteiger partial charge in [0.05, 0.1) is 10.6 Å². The third-order valence-electron chi connectivity index (χ3n) is 7.13. The van der Waals surface area contributed by atoms with E-state index in [0.29, 0.717) is 22.8 Å². The molecule has 0 aliphatic carbocycles. The molecule has 2 amide bonds. The van der Waals surface area contributed by atoms with Crippen LogP contribution in [0.25, 0.3) is 0 Å². The SMILES string of the molecule is CCCNC(=O)[C@H](Cc1ccccc1)N(Cc1cccc(Br)c1)C(=O)CN(c1ccccc1C)S(=O)(=O)c1ccc(Cl)cc1. The van der Waals surface area contributed by atoms with Crippen molar-refractivity contribution >= 4 is 55.1 Å². The number of benzene rings is 4. The van der Waals surface area contributed by atoms with Crippen LogP contribution in [-0.4, -0.2) is 44.3 Å². The van der Waals surface area contributed by atoms with Crippen LogP contribution in [0.3, 0.4) is 0 Å². The molecule has 0 spiro atoms. The van der Waals surface area contributed by atoms with Crippen LogP contribution >= 0.6 is 27.5 Å². The summed E-state index contributed by atoms with van der Waals surface area (Å²) >= 11 is 9.55. The molecule has 10 heteroatoms. The van der Waals surface area contributed by atoms with E-state index in [1.165, 1.54) is 29.2 Å². The van der Waals surface area contributed by atoms with E-state index in [1.54, 1.807) is 31.2 Å². The van der Waals surface area contributed by atoms with Crippen molar-refractivity contribution in [3.05, 3.63) is 129 Å². The monoisotopic (exact) mass is 695 g/mol. The van der Waals surface area contributed by atoms with E-state index in [4.69, 9.17) is 11.6 Å². The Morgan fingerprint density at radius 2 is 1.55 bits per heavy atom. The minimum absolute atomic E-state index is 0.00184. The van der Waals surface area contributed by atoms with Crippen molar-refractivity contribution in [1.29, 1.82) is 0 Å². The Balaban J connectivity index is 1.80. The lowest BCUT2D eigenvalue weighted by Gasteiger charge is -2.34. The van der Waals surface area contributed by atoms with Crippen LogP contribution in [0, 0.1) is 6.92 Å². The number of amides is 2. The van der Waals surface area contributed by atoms with Gasteiger partial charge in [-0.1, -0.05) is 95.1 Å². The number of halogens is 2. The molecule has 0 aromatic heterocycles. The van der Waals surface area contributed by atoms with Crippen molar-refractivity contribution in [2.24, 2.45) is 0 Å². The molecule has 0 radical (unpaired) electrons. The lowest BCUT2D eigenvalue weighted by atomic mass is 10.0. The van der Waals surface area contributed by atoms with E-state index >= 15 is 0 Å². The van der Waals surface area contributed by atoms with Crippen molar-refractivity contribution < 1.29 is 18.0 Å². The van der Waals surface area contributed by atoms with Crippen molar-refractivity contribution in [1.82, 2.24) is 10.2 Å². The summed E-state index contributed by atoms with van der Waals surface area (Å²) in [6, 6.07) is 28.9. The summed E-state index contributed by atoms with van der Waals surface area (Å²) in [6.07, 6.45) is 0.980. The van der Waals surface area contributed by atoms with Gasteiger partial charge in [-0.25, -0.2) is 8.42 Å². The average Bonchev–Trinajstić information content (AvgIpc) is 3.01. The van der Waals surface area contributed by atoms with E-state index in [2.05, 4.69) is 21.2 Å². The second-order valence-electron chi connectivity index (χ2n) is 10.4. The van der Waals surface area contributed by atoms with Gasteiger partial charge in [-0.05, 0) is 72.5 Å². The van der Waals surface area contributed by atoms with Gasteiger partial charge < -0.3 is 10.2 Å². The first-order valence-corrected chi connectivity index (χ1v) is 16.9. The second kappa shape index (κ2) is 15.4. The van der Waals surface area contributed by atoms with E-state index in [1.807, 2.05) is 61.5 Å². The van der Waals surface area contributed by atoms with Gasteiger partial charge in [-0.2, -0.15) is 0 Å². The van der Waals surface area contributed by atoms with Crippen LogP contribution in [0.4, 0.5) is 5.69 Å². The molecule has 44 heavy (non-hydrogen) atoms. The number of carbonyl (C=O) groups excluding carboxylic acids is 2. The molecule has 1 atom stereocenters. The minimum atomic E-state index is -4.20. The normalized spacial score (nSPS) is 11.9. The molecule has 1 N–H and O–H groups in total. The first kappa shape index (κ1) is 33.2. The van der Waals surface area contributed by atoms with Crippen molar-refractivity contribution in [3.63, 3.8) is 0 Å². The first-order chi connectivity index (χ1) is 21.1. The number of rotatable bonds is 13. The number of sulfonamides is 1. The highest BCUT2D eigenvalue weighted by molar-refractivity contribution is 9.10. The van der Waals surface area contributed by atoms with E-state index in [-0.39, 0.29) is 23.8 Å². The molecular weight excluding hydrogens is 662 g/mol. The fraction of sp³-hybridized carbons (Fsp3) is 0.235. The molecule has 0 bridgehead atoms. The number of hydrogen-bond acceptors (Lipinski definition) is 4. The summed E-state index contributed by atoms with van der Waals surface area (Å²) in [5, 5.41) is 3.35. The van der Waals surface area contributed by atoms with Crippen molar-refractivity contribution in [2.75, 3.05) is 17.4 Å². The average molecular weight is 697 g/mol. The van der Waals surface area contributed by atoms with E-state index in [9.17, 15) is 18.0 Å². The Kier molecular flexibility index (Phi) is 11.6. The number of hydrogen-bond donors (Lipinski definition) is 1.